The molecule has 7 heteroatoms. The van der Waals surface area contributed by atoms with E-state index in [0.717, 1.165) is 18.7 Å². The molecule has 1 saturated heterocycles. The molecule has 0 aliphatic carbocycles. The summed E-state index contributed by atoms with van der Waals surface area (Å²) in [7, 11) is 0. The molecule has 1 fully saturated rings. The van der Waals surface area contributed by atoms with Crippen LogP contribution in [-0.4, -0.2) is 58.9 Å². The Morgan fingerprint density at radius 1 is 1.20 bits per heavy atom. The summed E-state index contributed by atoms with van der Waals surface area (Å²) in [6.45, 7) is 3.14. The molecule has 0 radical (unpaired) electrons. The number of rotatable bonds is 5. The van der Waals surface area contributed by atoms with E-state index < -0.39 is 5.91 Å². The predicted molar refractivity (Wildman–Crippen MR) is 91.5 cm³/mol. The van der Waals surface area contributed by atoms with Crippen molar-refractivity contribution in [1.82, 2.24) is 15.2 Å². The maximum Gasteiger partial charge on any atom is 0.258 e. The average molecular weight is 343 g/mol. The molecular weight excluding hydrogens is 322 g/mol. The van der Waals surface area contributed by atoms with Crippen LogP contribution in [0.2, 0.25) is 0 Å². The molecule has 2 aromatic rings. The number of carbonyl (C=O) groups is 1. The van der Waals surface area contributed by atoms with Gasteiger partial charge in [0.1, 0.15) is 17.1 Å². The monoisotopic (exact) mass is 343 g/mol. The van der Waals surface area contributed by atoms with Gasteiger partial charge in [-0.3, -0.25) is 14.7 Å². The van der Waals surface area contributed by atoms with E-state index in [2.05, 4.69) is 15.2 Å². The van der Waals surface area contributed by atoms with Crippen LogP contribution in [0.5, 0.6) is 11.5 Å². The highest BCUT2D eigenvalue weighted by atomic mass is 16.5. The third-order valence-corrected chi connectivity index (χ3v) is 4.26. The van der Waals surface area contributed by atoms with Crippen molar-refractivity contribution in [2.24, 2.45) is 0 Å². The van der Waals surface area contributed by atoms with Gasteiger partial charge in [-0.2, -0.15) is 0 Å². The molecule has 3 rings (SSSR count). The first-order valence-corrected chi connectivity index (χ1v) is 8.17. The fraction of sp³-hybridized carbons (Fsp3) is 0.333. The van der Waals surface area contributed by atoms with Gasteiger partial charge < -0.3 is 20.3 Å². The number of amides is 1. The molecule has 1 aromatic heterocycles. The molecule has 25 heavy (non-hydrogen) atoms. The quantitative estimate of drug-likeness (QED) is 0.757. The third kappa shape index (κ3) is 4.07. The molecule has 1 atom stereocenters. The van der Waals surface area contributed by atoms with Crippen molar-refractivity contribution < 1.29 is 19.7 Å². The number of pyridine rings is 1. The Balaban J connectivity index is 1.75. The molecule has 0 saturated carbocycles. The molecule has 7 nitrogen and oxygen atoms in total. The van der Waals surface area contributed by atoms with Gasteiger partial charge in [-0.15, -0.1) is 0 Å². The first-order valence-electron chi connectivity index (χ1n) is 8.17. The van der Waals surface area contributed by atoms with Crippen LogP contribution >= 0.6 is 0 Å². The summed E-state index contributed by atoms with van der Waals surface area (Å²) in [5, 5.41) is 22.5. The second-order valence-electron chi connectivity index (χ2n) is 5.83. The number of ether oxygens (including phenoxy) is 1. The summed E-state index contributed by atoms with van der Waals surface area (Å²) in [5.74, 6) is -1.01. The molecule has 0 spiro atoms. The van der Waals surface area contributed by atoms with Crippen LogP contribution in [0.15, 0.2) is 42.7 Å². The molecular formula is C18H21N3O4. The zero-order valence-electron chi connectivity index (χ0n) is 13.8. The Morgan fingerprint density at radius 2 is 1.92 bits per heavy atom. The van der Waals surface area contributed by atoms with Gasteiger partial charge in [0, 0.05) is 32.0 Å². The van der Waals surface area contributed by atoms with Crippen molar-refractivity contribution in [3.63, 3.8) is 0 Å². The molecule has 1 aromatic carbocycles. The molecule has 1 amide bonds. The van der Waals surface area contributed by atoms with Crippen LogP contribution in [0.4, 0.5) is 0 Å². The molecule has 3 N–H and O–H groups in total. The molecule has 0 unspecified atom stereocenters. The number of carbonyl (C=O) groups excluding carboxylic acids is 1. The van der Waals surface area contributed by atoms with E-state index in [-0.39, 0.29) is 23.1 Å². The lowest BCUT2D eigenvalue weighted by atomic mass is 10.1. The number of nitrogens with one attached hydrogen (secondary N) is 1. The van der Waals surface area contributed by atoms with Crippen LogP contribution < -0.4 is 5.32 Å². The van der Waals surface area contributed by atoms with Crippen molar-refractivity contribution in [3.8, 4) is 11.5 Å². The largest absolute Gasteiger partial charge is 0.507 e. The average Bonchev–Trinajstić information content (AvgIpc) is 2.63. The number of phenols is 2. The summed E-state index contributed by atoms with van der Waals surface area (Å²) in [6, 6.07) is 7.99. The van der Waals surface area contributed by atoms with Gasteiger partial charge in [0.2, 0.25) is 0 Å². The maximum absolute atomic E-state index is 12.4. The number of aromatic hydroxyl groups is 2. The van der Waals surface area contributed by atoms with Gasteiger partial charge in [0.15, 0.2) is 0 Å². The van der Waals surface area contributed by atoms with E-state index >= 15 is 0 Å². The second kappa shape index (κ2) is 7.96. The van der Waals surface area contributed by atoms with Crippen molar-refractivity contribution in [2.75, 3.05) is 32.8 Å². The van der Waals surface area contributed by atoms with Crippen LogP contribution in [0, 0.1) is 0 Å². The Morgan fingerprint density at radius 3 is 2.56 bits per heavy atom. The highest BCUT2D eigenvalue weighted by Crippen LogP contribution is 2.26. The van der Waals surface area contributed by atoms with Crippen LogP contribution in [0.3, 0.4) is 0 Å². The van der Waals surface area contributed by atoms with E-state index in [1.807, 2.05) is 12.1 Å². The minimum absolute atomic E-state index is 0.0606. The lowest BCUT2D eigenvalue weighted by Gasteiger charge is -2.34. The normalized spacial score (nSPS) is 16.3. The smallest absolute Gasteiger partial charge is 0.258 e. The van der Waals surface area contributed by atoms with E-state index in [4.69, 9.17) is 4.74 Å². The van der Waals surface area contributed by atoms with Gasteiger partial charge in [-0.25, -0.2) is 0 Å². The molecule has 0 bridgehead atoms. The van der Waals surface area contributed by atoms with Gasteiger partial charge >= 0.3 is 0 Å². The molecule has 132 valence electrons. The Bertz CT molecular complexity index is 697. The predicted octanol–water partition coefficient (Wildman–Crippen LogP) is 1.30. The molecule has 1 aliphatic rings. The fourth-order valence-corrected chi connectivity index (χ4v) is 2.96. The van der Waals surface area contributed by atoms with Gasteiger partial charge in [0.05, 0.1) is 19.3 Å². The topological polar surface area (TPSA) is 94.9 Å². The van der Waals surface area contributed by atoms with Crippen molar-refractivity contribution in [2.45, 2.75) is 6.04 Å². The van der Waals surface area contributed by atoms with Gasteiger partial charge in [0.25, 0.3) is 5.91 Å². The zero-order chi connectivity index (χ0) is 17.6. The number of aromatic nitrogens is 1. The Labute approximate surface area is 145 Å². The minimum Gasteiger partial charge on any atom is -0.507 e. The second-order valence-corrected chi connectivity index (χ2v) is 5.83. The summed E-state index contributed by atoms with van der Waals surface area (Å²) >= 11 is 0. The summed E-state index contributed by atoms with van der Waals surface area (Å²) in [4.78, 5) is 18.8. The number of nitrogens with zero attached hydrogens (tertiary/aromatic N) is 2. The highest BCUT2D eigenvalue weighted by molar-refractivity contribution is 5.99. The summed E-state index contributed by atoms with van der Waals surface area (Å²) in [5.41, 5.74) is 0.876. The lowest BCUT2D eigenvalue weighted by molar-refractivity contribution is 0.0161. The van der Waals surface area contributed by atoms with Crippen LogP contribution in [-0.2, 0) is 4.74 Å². The number of phenolic OH excluding ortho intramolecular Hbond substituents is 2. The first kappa shape index (κ1) is 17.2. The van der Waals surface area contributed by atoms with E-state index in [1.165, 1.54) is 18.2 Å². The number of hydrogen-bond donors (Lipinski definition) is 3. The molecule has 1 aliphatic heterocycles. The van der Waals surface area contributed by atoms with E-state index in [9.17, 15) is 15.0 Å². The lowest BCUT2D eigenvalue weighted by Crippen LogP contribution is -2.43. The number of morpholine rings is 1. The fourth-order valence-electron chi connectivity index (χ4n) is 2.96. The standard InChI is InChI=1S/C18H21N3O4/c22-15-4-1-5-16(23)17(15)18(24)20-12-14(13-3-2-6-19-11-13)21-7-9-25-10-8-21/h1-6,11,14,22-23H,7-10,12H2,(H,20,24)/t14-/m1/s1. The van der Waals surface area contributed by atoms with Crippen LogP contribution in [0.25, 0.3) is 0 Å². The Kier molecular flexibility index (Phi) is 5.47. The number of benzene rings is 1. The number of hydrogen-bond acceptors (Lipinski definition) is 6. The summed E-state index contributed by atoms with van der Waals surface area (Å²) in [6.07, 6.45) is 3.49. The van der Waals surface area contributed by atoms with Gasteiger partial charge in [-0.1, -0.05) is 12.1 Å². The Hall–Kier alpha value is -2.64. The SMILES string of the molecule is O=C(NC[C@H](c1cccnc1)N1CCOCC1)c1c(O)cccc1O. The van der Waals surface area contributed by atoms with E-state index in [0.29, 0.717) is 19.8 Å². The van der Waals surface area contributed by atoms with Crippen LogP contribution in [0.1, 0.15) is 22.0 Å². The van der Waals surface area contributed by atoms with Crippen molar-refractivity contribution in [3.05, 3.63) is 53.9 Å². The summed E-state index contributed by atoms with van der Waals surface area (Å²) < 4.78 is 5.40. The van der Waals surface area contributed by atoms with E-state index in [1.54, 1.807) is 12.4 Å². The van der Waals surface area contributed by atoms with Gasteiger partial charge in [-0.05, 0) is 23.8 Å². The third-order valence-electron chi connectivity index (χ3n) is 4.26. The maximum atomic E-state index is 12.4. The zero-order valence-corrected chi connectivity index (χ0v) is 13.8. The minimum atomic E-state index is -0.516. The highest BCUT2D eigenvalue weighted by Gasteiger charge is 2.24. The first-order chi connectivity index (χ1) is 12.2. The van der Waals surface area contributed by atoms with Crippen molar-refractivity contribution >= 4 is 5.91 Å². The molecule has 2 heterocycles. The van der Waals surface area contributed by atoms with Crippen molar-refractivity contribution in [1.29, 1.82) is 0 Å².